The molecule has 0 aliphatic carbocycles. The van der Waals surface area contributed by atoms with E-state index in [9.17, 15) is 4.79 Å². The number of piperidine rings is 2. The predicted molar refractivity (Wildman–Crippen MR) is 79.7 cm³/mol. The van der Waals surface area contributed by atoms with E-state index in [2.05, 4.69) is 17.3 Å². The molecule has 116 valence electrons. The van der Waals surface area contributed by atoms with E-state index >= 15 is 0 Å². The smallest absolute Gasteiger partial charge is 0.231 e. The summed E-state index contributed by atoms with van der Waals surface area (Å²) in [6.07, 6.45) is 3.94. The zero-order valence-electron chi connectivity index (χ0n) is 13.2. The highest BCUT2D eigenvalue weighted by Gasteiger charge is 2.42. The molecular formula is C15H29N3O2. The van der Waals surface area contributed by atoms with Crippen molar-refractivity contribution in [3.63, 3.8) is 0 Å². The van der Waals surface area contributed by atoms with Gasteiger partial charge in [0.25, 0.3) is 0 Å². The number of amides is 1. The van der Waals surface area contributed by atoms with Crippen LogP contribution in [0.2, 0.25) is 0 Å². The summed E-state index contributed by atoms with van der Waals surface area (Å²) in [5, 5.41) is 3.34. The first-order chi connectivity index (χ1) is 9.59. The lowest BCUT2D eigenvalue weighted by Gasteiger charge is -2.42. The minimum absolute atomic E-state index is 0.287. The lowest BCUT2D eigenvalue weighted by Crippen LogP contribution is -2.54. The van der Waals surface area contributed by atoms with Crippen molar-refractivity contribution in [2.45, 2.75) is 31.7 Å². The summed E-state index contributed by atoms with van der Waals surface area (Å²) < 4.78 is 5.38. The van der Waals surface area contributed by atoms with Gasteiger partial charge in [0.15, 0.2) is 0 Å². The SMILES string of the molecule is COCC1(C(=O)N(C)C2CCN(C)CC2)CCNCC1. The maximum absolute atomic E-state index is 13.0. The summed E-state index contributed by atoms with van der Waals surface area (Å²) in [5.74, 6) is 0.287. The van der Waals surface area contributed by atoms with Gasteiger partial charge in [-0.3, -0.25) is 4.79 Å². The van der Waals surface area contributed by atoms with Gasteiger partial charge in [-0.25, -0.2) is 0 Å². The highest BCUT2D eigenvalue weighted by Crippen LogP contribution is 2.32. The molecule has 5 nitrogen and oxygen atoms in total. The Bertz CT molecular complexity index is 316. The molecule has 0 aromatic heterocycles. The maximum Gasteiger partial charge on any atom is 0.231 e. The molecule has 0 aromatic rings. The fourth-order valence-electron chi connectivity index (χ4n) is 3.52. The van der Waals surface area contributed by atoms with E-state index in [1.807, 2.05) is 11.9 Å². The van der Waals surface area contributed by atoms with E-state index in [4.69, 9.17) is 4.74 Å². The maximum atomic E-state index is 13.0. The van der Waals surface area contributed by atoms with E-state index in [1.165, 1.54) is 0 Å². The van der Waals surface area contributed by atoms with Crippen LogP contribution in [0.5, 0.6) is 0 Å². The number of ether oxygens (including phenoxy) is 1. The van der Waals surface area contributed by atoms with Gasteiger partial charge in [-0.1, -0.05) is 0 Å². The van der Waals surface area contributed by atoms with Crippen LogP contribution in [0, 0.1) is 5.41 Å². The number of hydrogen-bond acceptors (Lipinski definition) is 4. The van der Waals surface area contributed by atoms with Crippen molar-refractivity contribution in [3.05, 3.63) is 0 Å². The van der Waals surface area contributed by atoms with Crippen LogP contribution in [0.1, 0.15) is 25.7 Å². The monoisotopic (exact) mass is 283 g/mol. The molecule has 2 aliphatic heterocycles. The molecule has 0 atom stereocenters. The van der Waals surface area contributed by atoms with Gasteiger partial charge < -0.3 is 19.9 Å². The van der Waals surface area contributed by atoms with Gasteiger partial charge in [0.2, 0.25) is 5.91 Å². The Hall–Kier alpha value is -0.650. The van der Waals surface area contributed by atoms with E-state index < -0.39 is 0 Å². The Morgan fingerprint density at radius 2 is 1.95 bits per heavy atom. The third kappa shape index (κ3) is 3.32. The predicted octanol–water partition coefficient (Wildman–Crippen LogP) is 0.555. The molecule has 2 saturated heterocycles. The summed E-state index contributed by atoms with van der Waals surface area (Å²) in [6, 6.07) is 0.391. The number of carbonyl (C=O) groups excluding carboxylic acids is 1. The third-order valence-corrected chi connectivity index (χ3v) is 4.99. The first kappa shape index (κ1) is 15.7. The molecule has 20 heavy (non-hydrogen) atoms. The fraction of sp³-hybridized carbons (Fsp3) is 0.933. The molecule has 0 unspecified atom stereocenters. The second kappa shape index (κ2) is 6.87. The normalized spacial score (nSPS) is 24.6. The number of carbonyl (C=O) groups is 1. The zero-order valence-corrected chi connectivity index (χ0v) is 13.2. The number of nitrogens with one attached hydrogen (secondary N) is 1. The van der Waals surface area contributed by atoms with Gasteiger partial charge in [0.1, 0.15) is 0 Å². The topological polar surface area (TPSA) is 44.8 Å². The lowest BCUT2D eigenvalue weighted by molar-refractivity contribution is -0.149. The first-order valence-electron chi connectivity index (χ1n) is 7.74. The second-order valence-corrected chi connectivity index (χ2v) is 6.41. The quantitative estimate of drug-likeness (QED) is 0.819. The van der Waals surface area contributed by atoms with Gasteiger partial charge in [-0.15, -0.1) is 0 Å². The average Bonchev–Trinajstić information content (AvgIpc) is 2.48. The van der Waals surface area contributed by atoms with E-state index in [0.29, 0.717) is 12.6 Å². The van der Waals surface area contributed by atoms with E-state index in [0.717, 1.165) is 51.9 Å². The molecule has 0 spiro atoms. The van der Waals surface area contributed by atoms with Gasteiger partial charge in [-0.2, -0.15) is 0 Å². The second-order valence-electron chi connectivity index (χ2n) is 6.41. The molecule has 0 bridgehead atoms. The summed E-state index contributed by atoms with van der Waals surface area (Å²) in [4.78, 5) is 17.3. The largest absolute Gasteiger partial charge is 0.384 e. The highest BCUT2D eigenvalue weighted by atomic mass is 16.5. The number of likely N-dealkylation sites (tertiary alicyclic amines) is 1. The van der Waals surface area contributed by atoms with Crippen molar-refractivity contribution < 1.29 is 9.53 Å². The van der Waals surface area contributed by atoms with Crippen LogP contribution in [0.4, 0.5) is 0 Å². The van der Waals surface area contributed by atoms with Gasteiger partial charge in [0.05, 0.1) is 12.0 Å². The molecule has 2 rings (SSSR count). The van der Waals surface area contributed by atoms with Crippen molar-refractivity contribution in [2.75, 3.05) is 54.0 Å². The molecule has 0 aromatic carbocycles. The molecule has 0 saturated carbocycles. The number of hydrogen-bond donors (Lipinski definition) is 1. The van der Waals surface area contributed by atoms with Crippen LogP contribution in [-0.2, 0) is 9.53 Å². The van der Waals surface area contributed by atoms with E-state index in [-0.39, 0.29) is 11.3 Å². The number of nitrogens with zero attached hydrogens (tertiary/aromatic N) is 2. The standard InChI is InChI=1S/C15H29N3O2/c1-17-10-4-13(5-11-17)18(2)14(19)15(12-20-3)6-8-16-9-7-15/h13,16H,4-12H2,1-3H3. The number of methoxy groups -OCH3 is 1. The molecular weight excluding hydrogens is 254 g/mol. The summed E-state index contributed by atoms with van der Waals surface area (Å²) in [7, 11) is 5.83. The summed E-state index contributed by atoms with van der Waals surface area (Å²) in [6.45, 7) is 4.54. The zero-order chi connectivity index (χ0) is 14.6. The minimum atomic E-state index is -0.307. The Morgan fingerprint density at radius 1 is 1.35 bits per heavy atom. The Morgan fingerprint density at radius 3 is 2.50 bits per heavy atom. The van der Waals surface area contributed by atoms with Crippen molar-refractivity contribution in [2.24, 2.45) is 5.41 Å². The Kier molecular flexibility index (Phi) is 5.41. The minimum Gasteiger partial charge on any atom is -0.384 e. The Labute approximate surface area is 122 Å². The average molecular weight is 283 g/mol. The Balaban J connectivity index is 2.02. The fourth-order valence-corrected chi connectivity index (χ4v) is 3.52. The molecule has 1 N–H and O–H groups in total. The van der Waals surface area contributed by atoms with Crippen LogP contribution >= 0.6 is 0 Å². The van der Waals surface area contributed by atoms with Gasteiger partial charge >= 0.3 is 0 Å². The van der Waals surface area contributed by atoms with Crippen LogP contribution in [0.15, 0.2) is 0 Å². The first-order valence-corrected chi connectivity index (χ1v) is 7.74. The molecule has 2 fully saturated rings. The van der Waals surface area contributed by atoms with Crippen LogP contribution in [-0.4, -0.2) is 75.7 Å². The molecule has 5 heteroatoms. The molecule has 2 aliphatic rings. The van der Waals surface area contributed by atoms with Crippen molar-refractivity contribution in [3.8, 4) is 0 Å². The van der Waals surface area contributed by atoms with Crippen LogP contribution in [0.3, 0.4) is 0 Å². The molecule has 1 amide bonds. The highest BCUT2D eigenvalue weighted by molar-refractivity contribution is 5.83. The van der Waals surface area contributed by atoms with E-state index in [1.54, 1.807) is 7.11 Å². The lowest BCUT2D eigenvalue weighted by atomic mass is 9.78. The number of rotatable bonds is 4. The molecule has 2 heterocycles. The summed E-state index contributed by atoms with van der Waals surface area (Å²) >= 11 is 0. The van der Waals surface area contributed by atoms with Crippen LogP contribution < -0.4 is 5.32 Å². The van der Waals surface area contributed by atoms with Crippen molar-refractivity contribution in [1.82, 2.24) is 15.1 Å². The van der Waals surface area contributed by atoms with Gasteiger partial charge in [-0.05, 0) is 58.9 Å². The van der Waals surface area contributed by atoms with Gasteiger partial charge in [0, 0.05) is 20.2 Å². The van der Waals surface area contributed by atoms with Crippen molar-refractivity contribution >= 4 is 5.91 Å². The third-order valence-electron chi connectivity index (χ3n) is 4.99. The van der Waals surface area contributed by atoms with Crippen LogP contribution in [0.25, 0.3) is 0 Å². The summed E-state index contributed by atoms with van der Waals surface area (Å²) in [5.41, 5.74) is -0.307. The molecule has 0 radical (unpaired) electrons. The van der Waals surface area contributed by atoms with Crippen molar-refractivity contribution in [1.29, 1.82) is 0 Å².